The number of nitrogens with zero attached hydrogens (tertiary/aromatic N) is 3. The first-order valence-electron chi connectivity index (χ1n) is 10.5. The zero-order valence-electron chi connectivity index (χ0n) is 18.6. The summed E-state index contributed by atoms with van der Waals surface area (Å²) in [4.78, 5) is 14.5. The normalized spacial score (nSPS) is 11.4. The molecule has 7 nitrogen and oxygen atoms in total. The number of fused-ring (bicyclic) bond motifs is 1. The van der Waals surface area contributed by atoms with Crippen LogP contribution in [0.4, 0.5) is 5.69 Å². The number of rotatable bonds is 7. The number of aromatic nitrogens is 3. The Morgan fingerprint density at radius 1 is 0.969 bits per heavy atom. The van der Waals surface area contributed by atoms with Crippen molar-refractivity contribution in [3.63, 3.8) is 0 Å². The molecule has 4 rings (SSSR count). The molecule has 1 heterocycles. The maximum atomic E-state index is 12.9. The second-order valence-corrected chi connectivity index (χ2v) is 7.95. The Bertz CT molecular complexity index is 1230. The molecule has 1 amide bonds. The highest BCUT2D eigenvalue weighted by Gasteiger charge is 2.30. The summed E-state index contributed by atoms with van der Waals surface area (Å²) in [6.07, 6.45) is 0. The van der Waals surface area contributed by atoms with E-state index < -0.39 is 5.60 Å². The molecule has 0 aliphatic carbocycles. The van der Waals surface area contributed by atoms with E-state index in [-0.39, 0.29) is 5.91 Å². The Morgan fingerprint density at radius 3 is 2.28 bits per heavy atom. The van der Waals surface area contributed by atoms with Gasteiger partial charge in [0, 0.05) is 5.69 Å². The molecule has 32 heavy (non-hydrogen) atoms. The molecule has 0 saturated carbocycles. The number of nitrogens with one attached hydrogen (secondary N) is 1. The molecule has 3 aromatic carbocycles. The number of hydrogen-bond acceptors (Lipinski definition) is 5. The number of benzene rings is 3. The van der Waals surface area contributed by atoms with Crippen LogP contribution in [0.5, 0.6) is 11.5 Å². The number of ether oxygens (including phenoxy) is 2. The van der Waals surface area contributed by atoms with E-state index >= 15 is 0 Å². The lowest BCUT2D eigenvalue weighted by Crippen LogP contribution is -2.42. The van der Waals surface area contributed by atoms with E-state index in [9.17, 15) is 4.79 Å². The van der Waals surface area contributed by atoms with Crippen molar-refractivity contribution in [1.82, 2.24) is 15.0 Å². The smallest absolute Gasteiger partial charge is 0.267 e. The number of hydrogen-bond donors (Lipinski definition) is 1. The lowest BCUT2D eigenvalue weighted by molar-refractivity contribution is -0.128. The average molecular weight is 431 g/mol. The lowest BCUT2D eigenvalue weighted by Gasteiger charge is -2.25. The zero-order valence-corrected chi connectivity index (χ0v) is 18.6. The van der Waals surface area contributed by atoms with Gasteiger partial charge in [0.05, 0.1) is 12.3 Å². The molecule has 7 heteroatoms. The quantitative estimate of drug-likeness (QED) is 0.450. The molecular weight excluding hydrogens is 404 g/mol. The first-order chi connectivity index (χ1) is 15.4. The van der Waals surface area contributed by atoms with Crippen LogP contribution in [0.2, 0.25) is 0 Å². The van der Waals surface area contributed by atoms with Gasteiger partial charge in [-0.1, -0.05) is 18.2 Å². The van der Waals surface area contributed by atoms with Gasteiger partial charge in [0.2, 0.25) is 0 Å². The summed E-state index contributed by atoms with van der Waals surface area (Å²) in [6.45, 7) is 7.97. The lowest BCUT2D eigenvalue weighted by atomic mass is 10.1. The Labute approximate surface area is 187 Å². The van der Waals surface area contributed by atoms with Gasteiger partial charge in [0.15, 0.2) is 5.60 Å². The van der Waals surface area contributed by atoms with Crippen LogP contribution in [0.1, 0.15) is 26.3 Å². The highest BCUT2D eigenvalue weighted by atomic mass is 16.5. The van der Waals surface area contributed by atoms with Crippen molar-refractivity contribution in [3.05, 3.63) is 72.3 Å². The maximum Gasteiger partial charge on any atom is 0.267 e. The Hall–Kier alpha value is -3.87. The third kappa shape index (κ3) is 4.56. The number of carbonyl (C=O) groups excluding carboxylic acids is 1. The maximum absolute atomic E-state index is 12.9. The molecule has 1 aromatic heterocycles. The number of anilines is 1. The van der Waals surface area contributed by atoms with Crippen molar-refractivity contribution >= 4 is 22.6 Å². The van der Waals surface area contributed by atoms with Crippen LogP contribution in [0.25, 0.3) is 16.7 Å². The molecule has 4 aromatic rings. The van der Waals surface area contributed by atoms with E-state index in [1.54, 1.807) is 18.6 Å². The number of para-hydroxylation sites is 1. The Kier molecular flexibility index (Phi) is 5.81. The van der Waals surface area contributed by atoms with Crippen molar-refractivity contribution in [2.75, 3.05) is 11.9 Å². The Morgan fingerprint density at radius 2 is 1.62 bits per heavy atom. The fourth-order valence-corrected chi connectivity index (χ4v) is 3.26. The van der Waals surface area contributed by atoms with E-state index in [1.807, 2.05) is 80.6 Å². The van der Waals surface area contributed by atoms with Crippen LogP contribution >= 0.6 is 0 Å². The van der Waals surface area contributed by atoms with Gasteiger partial charge >= 0.3 is 0 Å². The first kappa shape index (κ1) is 21.4. The van der Waals surface area contributed by atoms with Gasteiger partial charge in [-0.15, -0.1) is 10.2 Å². The van der Waals surface area contributed by atoms with Crippen molar-refractivity contribution in [2.24, 2.45) is 0 Å². The van der Waals surface area contributed by atoms with Crippen molar-refractivity contribution in [2.45, 2.75) is 33.3 Å². The summed E-state index contributed by atoms with van der Waals surface area (Å²) in [6, 6.07) is 20.6. The average Bonchev–Trinajstić information content (AvgIpc) is 3.18. The van der Waals surface area contributed by atoms with Crippen molar-refractivity contribution in [1.29, 1.82) is 0 Å². The van der Waals surface area contributed by atoms with Crippen molar-refractivity contribution < 1.29 is 14.3 Å². The second kappa shape index (κ2) is 8.70. The van der Waals surface area contributed by atoms with Gasteiger partial charge in [0.25, 0.3) is 5.91 Å². The molecule has 0 atom stereocenters. The minimum absolute atomic E-state index is 0.247. The predicted octanol–water partition coefficient (Wildman–Crippen LogP) is 4.92. The molecule has 0 radical (unpaired) electrons. The van der Waals surface area contributed by atoms with Gasteiger partial charge in [0.1, 0.15) is 22.5 Å². The summed E-state index contributed by atoms with van der Waals surface area (Å²) in [5, 5.41) is 12.1. The minimum atomic E-state index is -1.05. The van der Waals surface area contributed by atoms with Crippen LogP contribution < -0.4 is 14.8 Å². The number of aryl methyl sites for hydroxylation is 1. The molecule has 0 saturated heterocycles. The van der Waals surface area contributed by atoms with Crippen LogP contribution in [-0.2, 0) is 4.79 Å². The van der Waals surface area contributed by atoms with Gasteiger partial charge in [-0.2, -0.15) is 4.80 Å². The molecule has 1 N–H and O–H groups in total. The molecular formula is C25H26N4O3. The van der Waals surface area contributed by atoms with E-state index in [0.717, 1.165) is 22.5 Å². The molecule has 0 bridgehead atoms. The molecule has 0 aliphatic heterocycles. The fraction of sp³-hybridized carbons (Fsp3) is 0.240. The predicted molar refractivity (Wildman–Crippen MR) is 125 cm³/mol. The summed E-state index contributed by atoms with van der Waals surface area (Å²) < 4.78 is 11.4. The van der Waals surface area contributed by atoms with Crippen LogP contribution in [0.15, 0.2) is 66.7 Å². The van der Waals surface area contributed by atoms with E-state index in [4.69, 9.17) is 9.47 Å². The van der Waals surface area contributed by atoms with Gasteiger partial charge in [-0.3, -0.25) is 4.79 Å². The van der Waals surface area contributed by atoms with Crippen LogP contribution in [0, 0.1) is 6.92 Å². The third-order valence-corrected chi connectivity index (χ3v) is 5.02. The second-order valence-electron chi connectivity index (χ2n) is 7.95. The molecule has 0 unspecified atom stereocenters. The standard InChI is InChI=1S/C25H26N4O3/c1-5-31-19-13-11-18(12-14-19)29-27-22-15-17(2)21(16-23(22)28-29)26-24(30)25(3,4)32-20-9-7-6-8-10-20/h6-16H,5H2,1-4H3,(H,26,30). The summed E-state index contributed by atoms with van der Waals surface area (Å²) in [5.41, 5.74) is 2.76. The largest absolute Gasteiger partial charge is 0.494 e. The highest BCUT2D eigenvalue weighted by molar-refractivity contribution is 5.99. The molecule has 0 spiro atoms. The van der Waals surface area contributed by atoms with Crippen LogP contribution in [-0.4, -0.2) is 33.1 Å². The summed E-state index contributed by atoms with van der Waals surface area (Å²) >= 11 is 0. The number of amides is 1. The fourth-order valence-electron chi connectivity index (χ4n) is 3.26. The zero-order chi connectivity index (χ0) is 22.7. The van der Waals surface area contributed by atoms with E-state index in [1.165, 1.54) is 0 Å². The first-order valence-corrected chi connectivity index (χ1v) is 10.5. The highest BCUT2D eigenvalue weighted by Crippen LogP contribution is 2.25. The SMILES string of the molecule is CCOc1ccc(-n2nc3cc(C)c(NC(=O)C(C)(C)Oc4ccccc4)cc3n2)cc1. The minimum Gasteiger partial charge on any atom is -0.494 e. The molecule has 0 aliphatic rings. The third-order valence-electron chi connectivity index (χ3n) is 5.02. The molecule has 0 fully saturated rings. The van der Waals surface area contributed by atoms with Gasteiger partial charge in [-0.05, 0) is 81.8 Å². The van der Waals surface area contributed by atoms with Gasteiger partial charge < -0.3 is 14.8 Å². The van der Waals surface area contributed by atoms with E-state index in [0.29, 0.717) is 23.6 Å². The van der Waals surface area contributed by atoms with Crippen molar-refractivity contribution in [3.8, 4) is 17.2 Å². The van der Waals surface area contributed by atoms with E-state index in [2.05, 4.69) is 15.5 Å². The van der Waals surface area contributed by atoms with Gasteiger partial charge in [-0.25, -0.2) is 0 Å². The molecule has 164 valence electrons. The summed E-state index contributed by atoms with van der Waals surface area (Å²) in [5.74, 6) is 1.19. The van der Waals surface area contributed by atoms with Crippen LogP contribution in [0.3, 0.4) is 0 Å². The topological polar surface area (TPSA) is 78.3 Å². The number of carbonyl (C=O) groups is 1. The summed E-state index contributed by atoms with van der Waals surface area (Å²) in [7, 11) is 0. The Balaban J connectivity index is 1.55. The monoisotopic (exact) mass is 430 g/mol.